The molecule has 7 rings (SSSR count). The summed E-state index contributed by atoms with van der Waals surface area (Å²) in [6, 6.07) is 30.7. The first kappa shape index (κ1) is 39.9. The van der Waals surface area contributed by atoms with Gasteiger partial charge in [-0.05, 0) is 107 Å². The molecule has 58 heavy (non-hydrogen) atoms. The molecule has 0 saturated carbocycles. The minimum atomic E-state index is -0.280. The van der Waals surface area contributed by atoms with Gasteiger partial charge in [-0.15, -0.1) is 0 Å². The first-order valence-electron chi connectivity index (χ1n) is 19.8. The number of phenols is 4. The van der Waals surface area contributed by atoms with Crippen LogP contribution in [0.25, 0.3) is 0 Å². The Morgan fingerprint density at radius 3 is 0.810 bits per heavy atom. The highest BCUT2D eigenvalue weighted by atomic mass is 16.3. The summed E-state index contributed by atoms with van der Waals surface area (Å²) in [7, 11) is 0. The molecule has 4 N–H and O–H groups in total. The minimum Gasteiger partial charge on any atom is -0.507 e. The second-order valence-electron chi connectivity index (χ2n) is 17.8. The zero-order valence-electron chi connectivity index (χ0n) is 34.6. The largest absolute Gasteiger partial charge is 0.507 e. The normalized spacial score (nSPS) is 13.4. The van der Waals surface area contributed by atoms with Gasteiger partial charge in [0, 0.05) is 47.9 Å². The lowest BCUT2D eigenvalue weighted by Crippen LogP contribution is -2.13. The summed E-state index contributed by atoms with van der Waals surface area (Å²) in [5.74, 6) is 0.296. The van der Waals surface area contributed by atoms with E-state index in [9.17, 15) is 20.4 Å². The number of hydrogen-bond acceptors (Lipinski definition) is 8. The summed E-state index contributed by atoms with van der Waals surface area (Å²) in [5.41, 5.74) is 10.9. The average Bonchev–Trinajstić information content (AvgIpc) is 3.16. The number of benzene rings is 6. The van der Waals surface area contributed by atoms with E-state index in [1.807, 2.05) is 86.6 Å². The first-order chi connectivity index (χ1) is 27.4. The molecule has 0 aliphatic heterocycles. The van der Waals surface area contributed by atoms with Crippen LogP contribution in [0.15, 0.2) is 118 Å². The third-order valence-corrected chi connectivity index (χ3v) is 10.9. The Balaban J connectivity index is 1.46. The maximum absolute atomic E-state index is 12.0. The van der Waals surface area contributed by atoms with Gasteiger partial charge in [0.2, 0.25) is 0 Å². The molecule has 0 aromatic heterocycles. The Morgan fingerprint density at radius 2 is 0.569 bits per heavy atom. The van der Waals surface area contributed by atoms with Gasteiger partial charge in [0.1, 0.15) is 23.0 Å². The monoisotopic (exact) mass is 772 g/mol. The van der Waals surface area contributed by atoms with Gasteiger partial charge in [0.15, 0.2) is 0 Å². The number of aromatic hydroxyl groups is 4. The highest BCUT2D eigenvalue weighted by Gasteiger charge is 2.25. The van der Waals surface area contributed by atoms with Crippen molar-refractivity contribution in [1.82, 2.24) is 0 Å². The fourth-order valence-corrected chi connectivity index (χ4v) is 7.34. The van der Waals surface area contributed by atoms with Gasteiger partial charge >= 0.3 is 0 Å². The van der Waals surface area contributed by atoms with E-state index in [1.54, 1.807) is 24.3 Å². The summed E-state index contributed by atoms with van der Waals surface area (Å²) in [4.78, 5) is 0. The molecule has 0 radical (unpaired) electrons. The highest BCUT2D eigenvalue weighted by molar-refractivity contribution is 5.62. The third kappa shape index (κ3) is 8.81. The van der Waals surface area contributed by atoms with E-state index in [-0.39, 0.29) is 59.5 Å². The lowest BCUT2D eigenvalue weighted by atomic mass is 9.81. The van der Waals surface area contributed by atoms with Crippen LogP contribution in [-0.2, 0) is 36.5 Å². The van der Waals surface area contributed by atoms with Gasteiger partial charge in [-0.25, -0.2) is 0 Å². The molecule has 0 saturated heterocycles. The van der Waals surface area contributed by atoms with Crippen molar-refractivity contribution in [3.05, 3.63) is 164 Å². The zero-order chi connectivity index (χ0) is 41.5. The number of hydrogen-bond donors (Lipinski definition) is 4. The van der Waals surface area contributed by atoms with Crippen molar-refractivity contribution >= 4 is 22.7 Å². The molecule has 6 aromatic carbocycles. The molecule has 8 bridgehead atoms. The fourth-order valence-electron chi connectivity index (χ4n) is 7.34. The number of fused-ring (bicyclic) bond motifs is 8. The van der Waals surface area contributed by atoms with E-state index in [0.29, 0.717) is 67.3 Å². The van der Waals surface area contributed by atoms with Crippen LogP contribution in [0.4, 0.5) is 22.7 Å². The topological polar surface area (TPSA) is 130 Å². The van der Waals surface area contributed by atoms with Crippen LogP contribution in [0.5, 0.6) is 23.0 Å². The molecule has 296 valence electrons. The molecule has 0 spiro atoms. The molecule has 6 aromatic rings. The van der Waals surface area contributed by atoms with Crippen LogP contribution < -0.4 is 0 Å². The number of aryl methyl sites for hydroxylation is 2. The Morgan fingerprint density at radius 1 is 0.345 bits per heavy atom. The van der Waals surface area contributed by atoms with Crippen molar-refractivity contribution in [3.63, 3.8) is 0 Å². The molecule has 0 atom stereocenters. The summed E-state index contributed by atoms with van der Waals surface area (Å²) >= 11 is 0. The maximum Gasteiger partial charge on any atom is 0.122 e. The number of azo groups is 2. The van der Waals surface area contributed by atoms with E-state index in [1.165, 1.54) is 0 Å². The third-order valence-electron chi connectivity index (χ3n) is 10.9. The smallest absolute Gasteiger partial charge is 0.122 e. The quantitative estimate of drug-likeness (QED) is 0.133. The van der Waals surface area contributed by atoms with Crippen molar-refractivity contribution in [3.8, 4) is 23.0 Å². The Hall–Kier alpha value is -6.28. The minimum absolute atomic E-state index is 0.0667. The number of phenolic OH excluding ortho intramolecular Hbond substituents is 4. The second kappa shape index (κ2) is 15.6. The summed E-state index contributed by atoms with van der Waals surface area (Å²) in [6.07, 6.45) is 0.765. The molecule has 8 heteroatoms. The van der Waals surface area contributed by atoms with E-state index in [0.717, 1.165) is 22.3 Å². The zero-order valence-corrected chi connectivity index (χ0v) is 34.6. The van der Waals surface area contributed by atoms with Crippen LogP contribution in [0.2, 0.25) is 0 Å². The van der Waals surface area contributed by atoms with Gasteiger partial charge in [0.05, 0.1) is 22.7 Å². The lowest BCUT2D eigenvalue weighted by Gasteiger charge is -2.24. The molecule has 0 amide bonds. The van der Waals surface area contributed by atoms with Gasteiger partial charge in [-0.2, -0.15) is 20.5 Å². The van der Waals surface area contributed by atoms with Crippen molar-refractivity contribution in [2.45, 2.75) is 91.9 Å². The van der Waals surface area contributed by atoms with Crippen molar-refractivity contribution in [2.75, 3.05) is 0 Å². The lowest BCUT2D eigenvalue weighted by molar-refractivity contribution is 0.449. The predicted molar refractivity (Wildman–Crippen MR) is 232 cm³/mol. The summed E-state index contributed by atoms with van der Waals surface area (Å²) in [6.45, 7) is 16.8. The maximum atomic E-state index is 12.0. The Kier molecular flexibility index (Phi) is 10.7. The van der Waals surface area contributed by atoms with Gasteiger partial charge in [-0.3, -0.25) is 0 Å². The molecule has 0 heterocycles. The van der Waals surface area contributed by atoms with Crippen LogP contribution in [-0.4, -0.2) is 20.4 Å². The average molecular weight is 773 g/mol. The first-order valence-corrected chi connectivity index (χ1v) is 19.8. The molecule has 0 fully saturated rings. The fraction of sp³-hybridized carbons (Fsp3) is 0.280. The van der Waals surface area contributed by atoms with Gasteiger partial charge in [0.25, 0.3) is 0 Å². The predicted octanol–water partition coefficient (Wildman–Crippen LogP) is 13.2. The molecular formula is C50H52N4O4. The number of nitrogens with zero attached hydrogens (tertiary/aromatic N) is 4. The number of rotatable bonds is 4. The second-order valence-corrected chi connectivity index (χ2v) is 17.8. The van der Waals surface area contributed by atoms with Gasteiger partial charge < -0.3 is 20.4 Å². The summed E-state index contributed by atoms with van der Waals surface area (Å²) < 4.78 is 0. The van der Waals surface area contributed by atoms with E-state index >= 15 is 0 Å². The van der Waals surface area contributed by atoms with Crippen molar-refractivity contribution < 1.29 is 20.4 Å². The van der Waals surface area contributed by atoms with Gasteiger partial charge in [-0.1, -0.05) is 101 Å². The van der Waals surface area contributed by atoms with Crippen molar-refractivity contribution in [2.24, 2.45) is 20.5 Å². The molecule has 8 nitrogen and oxygen atoms in total. The van der Waals surface area contributed by atoms with E-state index in [2.05, 4.69) is 62.0 Å². The molecule has 1 aliphatic carbocycles. The SMILES string of the molecule is Cc1ccc(N=Nc2cc3c(O)c(c2)Cc2cc(C(C)(C)C)cc(c2O)Cc2cc(N=Nc4ccc(C)cc4)cc(c2O)Cc2cc(C(C)(C)C)cc(c2O)C3)cc1. The molecular weight excluding hydrogens is 721 g/mol. The Bertz CT molecular complexity index is 2300. The molecule has 0 unspecified atom stereocenters. The van der Waals surface area contributed by atoms with E-state index in [4.69, 9.17) is 0 Å². The molecule has 1 aliphatic rings. The van der Waals surface area contributed by atoms with Crippen molar-refractivity contribution in [1.29, 1.82) is 0 Å². The van der Waals surface area contributed by atoms with E-state index < -0.39 is 0 Å². The van der Waals surface area contributed by atoms with Crippen LogP contribution in [0.1, 0.15) is 108 Å². The Labute approximate surface area is 341 Å². The van der Waals surface area contributed by atoms with Crippen LogP contribution >= 0.6 is 0 Å². The highest BCUT2D eigenvalue weighted by Crippen LogP contribution is 2.43. The summed E-state index contributed by atoms with van der Waals surface area (Å²) in [5, 5.41) is 66.4. The standard InChI is InChI=1S/C50H52N4O4/c1-29-9-13-41(14-10-29)51-53-43-25-35-17-31-21-39(49(3,4)5)23-33(45(31)55)19-37-27-44(54-52-42-15-11-30(2)12-16-42)28-38(48(37)58)20-34-24-40(50(6,7)8)22-32(46(34)56)18-36(26-43)47(35)57/h9-16,21-28,55-58H,17-20H2,1-8H3. The van der Waals surface area contributed by atoms with Crippen LogP contribution in [0.3, 0.4) is 0 Å². The van der Waals surface area contributed by atoms with Crippen LogP contribution in [0, 0.1) is 13.8 Å².